The molecule has 1 fully saturated rings. The second kappa shape index (κ2) is 8.65. The van der Waals surface area contributed by atoms with Gasteiger partial charge in [-0.15, -0.1) is 0 Å². The third kappa shape index (κ3) is 4.59. The van der Waals surface area contributed by atoms with Crippen molar-refractivity contribution < 1.29 is 22.7 Å². The van der Waals surface area contributed by atoms with E-state index < -0.39 is 27.9 Å². The lowest BCUT2D eigenvalue weighted by Crippen LogP contribution is -2.47. The minimum atomic E-state index is -4.07. The fraction of sp³-hybridized carbons (Fsp3) is 0.333. The van der Waals surface area contributed by atoms with Crippen LogP contribution in [0.3, 0.4) is 0 Å². The van der Waals surface area contributed by atoms with Crippen LogP contribution in [0.1, 0.15) is 24.0 Å². The van der Waals surface area contributed by atoms with Crippen molar-refractivity contribution in [2.24, 2.45) is 0 Å². The van der Waals surface area contributed by atoms with E-state index in [1.807, 2.05) is 31.2 Å². The lowest BCUT2D eigenvalue weighted by Gasteiger charge is -2.23. The van der Waals surface area contributed by atoms with Crippen molar-refractivity contribution in [1.82, 2.24) is 9.62 Å². The van der Waals surface area contributed by atoms with Crippen LogP contribution in [0.15, 0.2) is 53.4 Å². The summed E-state index contributed by atoms with van der Waals surface area (Å²) in [5.41, 5.74) is 1.92. The van der Waals surface area contributed by atoms with Crippen LogP contribution in [0.25, 0.3) is 0 Å². The molecule has 0 saturated carbocycles. The summed E-state index contributed by atoms with van der Waals surface area (Å²) in [6, 6.07) is 12.7. The highest BCUT2D eigenvalue weighted by Crippen LogP contribution is 2.27. The molecular weight excluding hydrogens is 392 g/mol. The number of methoxy groups -OCH3 is 1. The SMILES string of the molecule is COc1ccc(CCNC(=O)[C@@H]2CCC(=O)N2S(=O)(=O)c2ccc(C)cc2)cc1. The minimum absolute atomic E-state index is 0.00869. The zero-order valence-electron chi connectivity index (χ0n) is 16.4. The number of amides is 2. The van der Waals surface area contributed by atoms with Gasteiger partial charge in [0.15, 0.2) is 0 Å². The average molecular weight is 416 g/mol. The molecule has 29 heavy (non-hydrogen) atoms. The van der Waals surface area contributed by atoms with Gasteiger partial charge in [-0.1, -0.05) is 29.8 Å². The number of aryl methyl sites for hydroxylation is 1. The highest BCUT2D eigenvalue weighted by atomic mass is 32.2. The van der Waals surface area contributed by atoms with Crippen LogP contribution < -0.4 is 10.1 Å². The van der Waals surface area contributed by atoms with Crippen LogP contribution >= 0.6 is 0 Å². The molecule has 1 aliphatic rings. The number of nitrogens with one attached hydrogen (secondary N) is 1. The molecule has 1 atom stereocenters. The first-order valence-electron chi connectivity index (χ1n) is 9.37. The maximum Gasteiger partial charge on any atom is 0.267 e. The van der Waals surface area contributed by atoms with Crippen molar-refractivity contribution in [3.63, 3.8) is 0 Å². The summed E-state index contributed by atoms with van der Waals surface area (Å²) in [7, 11) is -2.48. The van der Waals surface area contributed by atoms with Crippen LogP contribution in [0.5, 0.6) is 5.75 Å². The lowest BCUT2D eigenvalue weighted by atomic mass is 10.1. The van der Waals surface area contributed by atoms with Crippen LogP contribution in [-0.2, 0) is 26.0 Å². The average Bonchev–Trinajstić information content (AvgIpc) is 3.11. The number of ether oxygens (including phenoxy) is 1. The summed E-state index contributed by atoms with van der Waals surface area (Å²) in [5.74, 6) is -0.264. The Hall–Kier alpha value is -2.87. The fourth-order valence-electron chi connectivity index (χ4n) is 3.26. The summed E-state index contributed by atoms with van der Waals surface area (Å²) >= 11 is 0. The number of rotatable bonds is 7. The van der Waals surface area contributed by atoms with Crippen molar-refractivity contribution >= 4 is 21.8 Å². The second-order valence-electron chi connectivity index (χ2n) is 6.95. The summed E-state index contributed by atoms with van der Waals surface area (Å²) < 4.78 is 31.7. The van der Waals surface area contributed by atoms with Crippen molar-refractivity contribution in [2.45, 2.75) is 37.1 Å². The second-order valence-corrected chi connectivity index (χ2v) is 8.77. The smallest absolute Gasteiger partial charge is 0.267 e. The monoisotopic (exact) mass is 416 g/mol. The Labute approximate surface area is 170 Å². The number of nitrogens with zero attached hydrogens (tertiary/aromatic N) is 1. The van der Waals surface area contributed by atoms with Gasteiger partial charge in [0, 0.05) is 13.0 Å². The molecular formula is C21H24N2O5S. The van der Waals surface area contributed by atoms with E-state index in [-0.39, 0.29) is 17.7 Å². The molecule has 0 aliphatic carbocycles. The van der Waals surface area contributed by atoms with Gasteiger partial charge in [-0.05, 0) is 49.6 Å². The lowest BCUT2D eigenvalue weighted by molar-refractivity contribution is -0.130. The Kier molecular flexibility index (Phi) is 6.22. The van der Waals surface area contributed by atoms with Crippen LogP contribution in [-0.4, -0.2) is 44.2 Å². The number of hydrogen-bond donors (Lipinski definition) is 1. The molecule has 2 amide bonds. The normalized spacial score (nSPS) is 16.7. The molecule has 0 radical (unpaired) electrons. The first kappa shape index (κ1) is 20.9. The summed E-state index contributed by atoms with van der Waals surface area (Å²) in [5, 5.41) is 2.76. The third-order valence-electron chi connectivity index (χ3n) is 4.91. The molecule has 1 saturated heterocycles. The molecule has 1 heterocycles. The van der Waals surface area contributed by atoms with Gasteiger partial charge in [0.1, 0.15) is 11.8 Å². The predicted octanol–water partition coefficient (Wildman–Crippen LogP) is 2.04. The van der Waals surface area contributed by atoms with Crippen molar-refractivity contribution in [1.29, 1.82) is 0 Å². The fourth-order valence-corrected chi connectivity index (χ4v) is 4.87. The van der Waals surface area contributed by atoms with Crippen molar-refractivity contribution in [2.75, 3.05) is 13.7 Å². The molecule has 8 heteroatoms. The molecule has 0 aromatic heterocycles. The van der Waals surface area contributed by atoms with Gasteiger partial charge in [-0.3, -0.25) is 9.59 Å². The number of carbonyl (C=O) groups is 2. The van der Waals surface area contributed by atoms with E-state index in [2.05, 4.69) is 5.32 Å². The summed E-state index contributed by atoms with van der Waals surface area (Å²) in [6.45, 7) is 2.19. The highest BCUT2D eigenvalue weighted by Gasteiger charge is 2.44. The number of benzene rings is 2. The third-order valence-corrected chi connectivity index (χ3v) is 6.76. The molecule has 1 N–H and O–H groups in total. The molecule has 0 spiro atoms. The van der Waals surface area contributed by atoms with E-state index in [9.17, 15) is 18.0 Å². The highest BCUT2D eigenvalue weighted by molar-refractivity contribution is 7.89. The number of carbonyl (C=O) groups excluding carboxylic acids is 2. The largest absolute Gasteiger partial charge is 0.497 e. The molecule has 0 unspecified atom stereocenters. The van der Waals surface area contributed by atoms with E-state index in [0.717, 1.165) is 21.2 Å². The van der Waals surface area contributed by atoms with Gasteiger partial charge < -0.3 is 10.1 Å². The Balaban J connectivity index is 1.67. The topological polar surface area (TPSA) is 92.8 Å². The van der Waals surface area contributed by atoms with Gasteiger partial charge in [0.25, 0.3) is 10.0 Å². The minimum Gasteiger partial charge on any atom is -0.497 e. The number of sulfonamides is 1. The zero-order chi connectivity index (χ0) is 21.0. The summed E-state index contributed by atoms with van der Waals surface area (Å²) in [4.78, 5) is 24.9. The first-order chi connectivity index (χ1) is 13.8. The molecule has 2 aromatic carbocycles. The molecule has 7 nitrogen and oxygen atoms in total. The van der Waals surface area contributed by atoms with Crippen LogP contribution in [0.2, 0.25) is 0 Å². The maximum atomic E-state index is 12.9. The van der Waals surface area contributed by atoms with E-state index in [1.54, 1.807) is 19.2 Å². The van der Waals surface area contributed by atoms with Gasteiger partial charge in [0.05, 0.1) is 12.0 Å². The number of hydrogen-bond acceptors (Lipinski definition) is 5. The van der Waals surface area contributed by atoms with Gasteiger partial charge in [-0.2, -0.15) is 0 Å². The van der Waals surface area contributed by atoms with Crippen LogP contribution in [0, 0.1) is 6.92 Å². The van der Waals surface area contributed by atoms with Crippen LogP contribution in [0.4, 0.5) is 0 Å². The van der Waals surface area contributed by atoms with Gasteiger partial charge in [0.2, 0.25) is 11.8 Å². The van der Waals surface area contributed by atoms with Crippen molar-refractivity contribution in [3.05, 3.63) is 59.7 Å². The van der Waals surface area contributed by atoms with Gasteiger partial charge >= 0.3 is 0 Å². The molecule has 3 rings (SSSR count). The molecule has 0 bridgehead atoms. The van der Waals surface area contributed by atoms with E-state index in [1.165, 1.54) is 12.1 Å². The van der Waals surface area contributed by atoms with Crippen molar-refractivity contribution in [3.8, 4) is 5.75 Å². The molecule has 154 valence electrons. The van der Waals surface area contributed by atoms with E-state index in [4.69, 9.17) is 4.74 Å². The Morgan fingerprint density at radius 3 is 2.41 bits per heavy atom. The van der Waals surface area contributed by atoms with E-state index in [0.29, 0.717) is 13.0 Å². The van der Waals surface area contributed by atoms with Gasteiger partial charge in [-0.25, -0.2) is 12.7 Å². The zero-order valence-corrected chi connectivity index (χ0v) is 17.2. The molecule has 2 aromatic rings. The Morgan fingerprint density at radius 2 is 1.79 bits per heavy atom. The summed E-state index contributed by atoms with van der Waals surface area (Å²) in [6.07, 6.45) is 0.793. The standard InChI is InChI=1S/C21H24N2O5S/c1-15-3-9-18(10-4-15)29(26,27)23-19(11-12-20(23)24)21(25)22-14-13-16-5-7-17(28-2)8-6-16/h3-10,19H,11-14H2,1-2H3,(H,22,25)/t19-/m0/s1. The molecule has 1 aliphatic heterocycles. The Morgan fingerprint density at radius 1 is 1.14 bits per heavy atom. The quantitative estimate of drug-likeness (QED) is 0.746. The predicted molar refractivity (Wildman–Crippen MR) is 108 cm³/mol. The Bertz CT molecular complexity index is 985. The first-order valence-corrected chi connectivity index (χ1v) is 10.8. The maximum absolute atomic E-state index is 12.9. The van der Waals surface area contributed by atoms with E-state index >= 15 is 0 Å².